The van der Waals surface area contributed by atoms with Crippen molar-refractivity contribution in [1.29, 1.82) is 0 Å². The smallest absolute Gasteiger partial charge is 0.161 e. The molecule has 3 heteroatoms. The van der Waals surface area contributed by atoms with Gasteiger partial charge in [0.2, 0.25) is 0 Å². The molecule has 6 aromatic carbocycles. The van der Waals surface area contributed by atoms with Crippen LogP contribution in [0.4, 0.5) is 0 Å². The van der Waals surface area contributed by atoms with Crippen molar-refractivity contribution in [1.82, 2.24) is 0 Å². The van der Waals surface area contributed by atoms with Gasteiger partial charge < -0.3 is 0 Å². The number of hydrogen-bond donors (Lipinski definition) is 0. The third kappa shape index (κ3) is 8.39. The third-order valence-electron chi connectivity index (χ3n) is 9.55. The second-order valence-corrected chi connectivity index (χ2v) is 13.3. The van der Waals surface area contributed by atoms with Gasteiger partial charge in [0.05, 0.1) is 6.54 Å². The van der Waals surface area contributed by atoms with Crippen LogP contribution in [0.5, 0.6) is 0 Å². The summed E-state index contributed by atoms with van der Waals surface area (Å²) < 4.78 is 0. The summed E-state index contributed by atoms with van der Waals surface area (Å²) in [5.74, 6) is 1.16. The number of rotatable bonds is 10. The molecule has 6 aromatic rings. The highest BCUT2D eigenvalue weighted by atomic mass is 15.0. The molecule has 0 fully saturated rings. The number of allylic oxidation sites excluding steroid dienone is 4. The fourth-order valence-electron chi connectivity index (χ4n) is 6.35. The number of benzene rings is 6. The molecule has 52 heavy (non-hydrogen) atoms. The Morgan fingerprint density at radius 2 is 1.00 bits per heavy atom. The Bertz CT molecular complexity index is 2200. The van der Waals surface area contributed by atoms with Gasteiger partial charge >= 0.3 is 0 Å². The fraction of sp³-hybridized carbons (Fsp3) is 0.122. The van der Waals surface area contributed by atoms with E-state index >= 15 is 0 Å². The van der Waals surface area contributed by atoms with Gasteiger partial charge in [-0.05, 0) is 70.6 Å². The lowest BCUT2D eigenvalue weighted by Gasteiger charge is -2.26. The predicted molar refractivity (Wildman–Crippen MR) is 224 cm³/mol. The lowest BCUT2D eigenvalue weighted by molar-refractivity contribution is 0.640. The largest absolute Gasteiger partial charge is 0.261 e. The van der Waals surface area contributed by atoms with Crippen LogP contribution in [0.25, 0.3) is 27.8 Å². The molecular formula is C49H45N3. The molecule has 0 saturated carbocycles. The fourth-order valence-corrected chi connectivity index (χ4v) is 6.35. The standard InChI is InChI=1S/C49H45N3/c1-6-14-37(7-2)39-21-23-41(24-22-39)42-29-33-46(34-30-42)49(3,4)45-31-19-36(20-32-45)35-51-48(43-17-12-9-13-18-43)52-47(50-5)44-27-25-40(26-28-44)38-15-10-8-11-16-38/h6-34H,5,35H2,1-4H3/b14-6-,37-7+,51-48?,52-47?. The highest BCUT2D eigenvalue weighted by molar-refractivity contribution is 6.12. The van der Waals surface area contributed by atoms with E-state index in [0.717, 1.165) is 22.3 Å². The Labute approximate surface area is 309 Å². The van der Waals surface area contributed by atoms with E-state index in [1.54, 1.807) is 0 Å². The summed E-state index contributed by atoms with van der Waals surface area (Å²) >= 11 is 0. The molecule has 0 unspecified atom stereocenters. The zero-order valence-electron chi connectivity index (χ0n) is 30.5. The molecule has 0 bridgehead atoms. The molecule has 0 heterocycles. The van der Waals surface area contributed by atoms with E-state index in [4.69, 9.17) is 9.98 Å². The van der Waals surface area contributed by atoms with Gasteiger partial charge in [-0.25, -0.2) is 9.98 Å². The molecule has 0 aliphatic carbocycles. The van der Waals surface area contributed by atoms with E-state index < -0.39 is 0 Å². The number of amidine groups is 2. The number of hydrogen-bond acceptors (Lipinski definition) is 1. The first-order valence-electron chi connectivity index (χ1n) is 17.8. The monoisotopic (exact) mass is 675 g/mol. The van der Waals surface area contributed by atoms with Crippen LogP contribution < -0.4 is 0 Å². The zero-order chi connectivity index (χ0) is 36.3. The van der Waals surface area contributed by atoms with Crippen molar-refractivity contribution < 1.29 is 0 Å². The topological polar surface area (TPSA) is 37.1 Å². The molecule has 0 aliphatic heterocycles. The summed E-state index contributed by atoms with van der Waals surface area (Å²) in [5, 5.41) is 0. The average Bonchev–Trinajstić information content (AvgIpc) is 3.21. The van der Waals surface area contributed by atoms with Crippen molar-refractivity contribution in [2.75, 3.05) is 0 Å². The van der Waals surface area contributed by atoms with Crippen LogP contribution in [0.2, 0.25) is 0 Å². The molecule has 0 spiro atoms. The third-order valence-corrected chi connectivity index (χ3v) is 9.55. The molecule has 0 aliphatic rings. The maximum Gasteiger partial charge on any atom is 0.161 e. The summed E-state index contributed by atoms with van der Waals surface area (Å²) in [6, 6.07) is 55.2. The molecule has 0 aromatic heterocycles. The van der Waals surface area contributed by atoms with Gasteiger partial charge in [-0.3, -0.25) is 4.99 Å². The second-order valence-electron chi connectivity index (χ2n) is 13.3. The summed E-state index contributed by atoms with van der Waals surface area (Å²) in [6.45, 7) is 13.0. The van der Waals surface area contributed by atoms with Crippen LogP contribution in [0.15, 0.2) is 191 Å². The van der Waals surface area contributed by atoms with Crippen LogP contribution >= 0.6 is 0 Å². The van der Waals surface area contributed by atoms with Gasteiger partial charge in [0.25, 0.3) is 0 Å². The van der Waals surface area contributed by atoms with Gasteiger partial charge in [-0.1, -0.05) is 190 Å². The van der Waals surface area contributed by atoms with Crippen LogP contribution in [0.1, 0.15) is 61.1 Å². The van der Waals surface area contributed by atoms with Gasteiger partial charge in [0.1, 0.15) is 0 Å². The van der Waals surface area contributed by atoms with Crippen LogP contribution in [-0.4, -0.2) is 18.4 Å². The van der Waals surface area contributed by atoms with Crippen LogP contribution in [0, 0.1) is 0 Å². The maximum atomic E-state index is 5.00. The quantitative estimate of drug-likeness (QED) is 0.0787. The molecule has 0 radical (unpaired) electrons. The first kappa shape index (κ1) is 35.6. The van der Waals surface area contributed by atoms with Gasteiger partial charge in [-0.15, -0.1) is 0 Å². The summed E-state index contributed by atoms with van der Waals surface area (Å²) in [5.41, 5.74) is 12.5. The van der Waals surface area contributed by atoms with Crippen molar-refractivity contribution in [3.05, 3.63) is 209 Å². The SMILES string of the molecule is C=NC(=NC(=NCc1ccc(C(C)(C)c2ccc(-c3ccc(C(/C=C\C)=C/C)cc3)cc2)cc1)c1ccccc1)c1ccc(-c2ccccc2)cc1. The summed E-state index contributed by atoms with van der Waals surface area (Å²) in [4.78, 5) is 14.2. The molecule has 256 valence electrons. The average molecular weight is 676 g/mol. The van der Waals surface area contributed by atoms with Crippen molar-refractivity contribution in [2.24, 2.45) is 15.0 Å². The Balaban J connectivity index is 1.19. The molecule has 0 saturated heterocycles. The number of aliphatic imine (C=N–C) groups is 3. The van der Waals surface area contributed by atoms with Crippen molar-refractivity contribution in [2.45, 2.75) is 39.7 Å². The normalized spacial score (nSPS) is 12.7. The Morgan fingerprint density at radius 3 is 1.52 bits per heavy atom. The van der Waals surface area contributed by atoms with E-state index in [1.165, 1.54) is 39.0 Å². The van der Waals surface area contributed by atoms with E-state index in [1.807, 2.05) is 67.6 Å². The predicted octanol–water partition coefficient (Wildman–Crippen LogP) is 12.4. The minimum absolute atomic E-state index is 0.169. The van der Waals surface area contributed by atoms with Crippen molar-refractivity contribution in [3.8, 4) is 22.3 Å². The highest BCUT2D eigenvalue weighted by Crippen LogP contribution is 2.33. The van der Waals surface area contributed by atoms with E-state index in [-0.39, 0.29) is 5.41 Å². The lowest BCUT2D eigenvalue weighted by atomic mass is 9.77. The Morgan fingerprint density at radius 1 is 0.538 bits per heavy atom. The van der Waals surface area contributed by atoms with Gasteiger partial charge in [0.15, 0.2) is 11.7 Å². The Kier molecular flexibility index (Phi) is 11.4. The minimum atomic E-state index is -0.169. The molecular weight excluding hydrogens is 631 g/mol. The zero-order valence-corrected chi connectivity index (χ0v) is 30.5. The maximum absolute atomic E-state index is 5.00. The molecule has 0 atom stereocenters. The first-order chi connectivity index (χ1) is 25.4. The van der Waals surface area contributed by atoms with Gasteiger partial charge in [-0.2, -0.15) is 0 Å². The van der Waals surface area contributed by atoms with Crippen molar-refractivity contribution in [3.63, 3.8) is 0 Å². The number of nitrogens with zero attached hydrogens (tertiary/aromatic N) is 3. The minimum Gasteiger partial charge on any atom is -0.261 e. The highest BCUT2D eigenvalue weighted by Gasteiger charge is 2.23. The molecule has 0 amide bonds. The van der Waals surface area contributed by atoms with E-state index in [0.29, 0.717) is 18.2 Å². The summed E-state index contributed by atoms with van der Waals surface area (Å²) in [7, 11) is 0. The van der Waals surface area contributed by atoms with Gasteiger partial charge in [0, 0.05) is 16.5 Å². The van der Waals surface area contributed by atoms with E-state index in [2.05, 4.69) is 148 Å². The summed E-state index contributed by atoms with van der Waals surface area (Å²) in [6.07, 6.45) is 6.37. The van der Waals surface area contributed by atoms with Crippen LogP contribution in [-0.2, 0) is 12.0 Å². The molecule has 3 nitrogen and oxygen atoms in total. The first-order valence-corrected chi connectivity index (χ1v) is 17.8. The van der Waals surface area contributed by atoms with Crippen molar-refractivity contribution >= 4 is 24.0 Å². The van der Waals surface area contributed by atoms with E-state index in [9.17, 15) is 0 Å². The molecule has 0 N–H and O–H groups in total. The Hall–Kier alpha value is -6.19. The second kappa shape index (κ2) is 16.7. The lowest BCUT2D eigenvalue weighted by Crippen LogP contribution is -2.18. The molecule has 6 rings (SSSR count). The van der Waals surface area contributed by atoms with Crippen LogP contribution in [0.3, 0.4) is 0 Å².